The van der Waals surface area contributed by atoms with Crippen LogP contribution in [0.5, 0.6) is 5.75 Å². The summed E-state index contributed by atoms with van der Waals surface area (Å²) in [6.07, 6.45) is -0.253. The number of hydrogen-bond acceptors (Lipinski definition) is 7. The Bertz CT molecular complexity index is 904. The summed E-state index contributed by atoms with van der Waals surface area (Å²) >= 11 is 0. The Morgan fingerprint density at radius 3 is 2.54 bits per heavy atom. The fourth-order valence-electron chi connectivity index (χ4n) is 4.44. The number of anilines is 1. The average molecular weight is 491 g/mol. The van der Waals surface area contributed by atoms with Crippen LogP contribution < -0.4 is 10.1 Å². The van der Waals surface area contributed by atoms with Gasteiger partial charge in [-0.15, -0.1) is 0 Å². The van der Waals surface area contributed by atoms with Gasteiger partial charge in [0.2, 0.25) is 11.8 Å². The number of nitrogens with zero attached hydrogens (tertiary/aromatic N) is 3. The van der Waals surface area contributed by atoms with Crippen molar-refractivity contribution in [3.8, 4) is 5.75 Å². The van der Waals surface area contributed by atoms with Crippen LogP contribution in [0.25, 0.3) is 0 Å². The maximum Gasteiger partial charge on any atom is 0.257 e. The molecule has 0 aromatic heterocycles. The van der Waals surface area contributed by atoms with Crippen LogP contribution in [0.4, 0.5) is 5.69 Å². The van der Waals surface area contributed by atoms with Crippen molar-refractivity contribution in [3.63, 3.8) is 0 Å². The second-order valence-electron chi connectivity index (χ2n) is 9.42. The van der Waals surface area contributed by atoms with Crippen LogP contribution in [-0.4, -0.2) is 111 Å². The van der Waals surface area contributed by atoms with E-state index >= 15 is 0 Å². The lowest BCUT2D eigenvalue weighted by atomic mass is 10.0. The highest BCUT2D eigenvalue weighted by molar-refractivity contribution is 5.98. The van der Waals surface area contributed by atoms with Crippen LogP contribution in [-0.2, 0) is 19.1 Å². The fourth-order valence-corrected chi connectivity index (χ4v) is 4.44. The highest BCUT2D eigenvalue weighted by Crippen LogP contribution is 2.27. The van der Waals surface area contributed by atoms with Crippen LogP contribution in [0, 0.1) is 5.92 Å². The van der Waals surface area contributed by atoms with E-state index in [9.17, 15) is 14.4 Å². The number of likely N-dealkylation sites (N-methyl/N-ethyl adjacent to an activating group) is 1. The smallest absolute Gasteiger partial charge is 0.257 e. The lowest BCUT2D eigenvalue weighted by Crippen LogP contribution is -2.52. The number of benzene rings is 1. The van der Waals surface area contributed by atoms with Gasteiger partial charge in [0.1, 0.15) is 12.4 Å². The number of nitrogens with one attached hydrogen (secondary N) is 1. The van der Waals surface area contributed by atoms with Gasteiger partial charge in [0.05, 0.1) is 37.5 Å². The summed E-state index contributed by atoms with van der Waals surface area (Å²) in [5.41, 5.74) is 0.929. The van der Waals surface area contributed by atoms with Crippen molar-refractivity contribution in [2.45, 2.75) is 32.9 Å². The standard InChI is InChI=1S/C25H38N4O6/c1-17-13-29(24(31)15-28-8-10-34-11-9-28)18(2)16-35-22-12-20(26-19(3)30)6-7-21(22)25(32)27(4)14-23(17)33-5/h6-7,12,17-18,23H,8-11,13-16H2,1-5H3,(H,26,30)/t17-,18-,23-/m1/s1. The molecule has 3 atom stereocenters. The molecular weight excluding hydrogens is 452 g/mol. The molecule has 1 fully saturated rings. The molecule has 2 heterocycles. The van der Waals surface area contributed by atoms with Crippen molar-refractivity contribution in [3.05, 3.63) is 23.8 Å². The number of hydrogen-bond donors (Lipinski definition) is 1. The third-order valence-corrected chi connectivity index (χ3v) is 6.55. The van der Waals surface area contributed by atoms with E-state index in [0.717, 1.165) is 13.1 Å². The monoisotopic (exact) mass is 490 g/mol. The number of carbonyl (C=O) groups excluding carboxylic acids is 3. The second kappa shape index (κ2) is 12.3. The first-order valence-electron chi connectivity index (χ1n) is 12.1. The first-order valence-corrected chi connectivity index (χ1v) is 12.1. The fraction of sp³-hybridized carbons (Fsp3) is 0.640. The zero-order valence-corrected chi connectivity index (χ0v) is 21.4. The third-order valence-electron chi connectivity index (χ3n) is 6.55. The third kappa shape index (κ3) is 7.16. The highest BCUT2D eigenvalue weighted by atomic mass is 16.5. The number of rotatable bonds is 4. The Kier molecular flexibility index (Phi) is 9.47. The molecule has 0 unspecified atom stereocenters. The second-order valence-corrected chi connectivity index (χ2v) is 9.42. The van der Waals surface area contributed by atoms with E-state index in [2.05, 4.69) is 10.2 Å². The van der Waals surface area contributed by atoms with E-state index < -0.39 is 0 Å². The quantitative estimate of drug-likeness (QED) is 0.679. The van der Waals surface area contributed by atoms with Crippen molar-refractivity contribution in [1.82, 2.24) is 14.7 Å². The Hall–Kier alpha value is -2.69. The average Bonchev–Trinajstić information content (AvgIpc) is 2.83. The predicted molar refractivity (Wildman–Crippen MR) is 132 cm³/mol. The van der Waals surface area contributed by atoms with Gasteiger partial charge < -0.3 is 29.3 Å². The number of fused-ring (bicyclic) bond motifs is 1. The Balaban J connectivity index is 1.90. The van der Waals surface area contributed by atoms with Gasteiger partial charge in [-0.05, 0) is 19.1 Å². The van der Waals surface area contributed by atoms with Crippen molar-refractivity contribution in [1.29, 1.82) is 0 Å². The highest BCUT2D eigenvalue weighted by Gasteiger charge is 2.31. The summed E-state index contributed by atoms with van der Waals surface area (Å²) < 4.78 is 17.3. The van der Waals surface area contributed by atoms with E-state index in [1.54, 1.807) is 37.3 Å². The number of morpholine rings is 1. The molecule has 35 heavy (non-hydrogen) atoms. The topological polar surface area (TPSA) is 101 Å². The van der Waals surface area contributed by atoms with Crippen LogP contribution >= 0.6 is 0 Å². The molecule has 1 saturated heterocycles. The first-order chi connectivity index (χ1) is 16.7. The number of carbonyl (C=O) groups is 3. The van der Waals surface area contributed by atoms with Crippen molar-refractivity contribution >= 4 is 23.4 Å². The zero-order chi connectivity index (χ0) is 25.5. The van der Waals surface area contributed by atoms with E-state index in [-0.39, 0.29) is 42.4 Å². The van der Waals surface area contributed by atoms with Gasteiger partial charge in [0, 0.05) is 64.9 Å². The minimum atomic E-state index is -0.253. The molecule has 1 N–H and O–H groups in total. The molecule has 2 aliphatic rings. The number of ether oxygens (including phenoxy) is 3. The molecule has 1 aromatic carbocycles. The normalized spacial score (nSPS) is 24.6. The zero-order valence-electron chi connectivity index (χ0n) is 21.4. The summed E-state index contributed by atoms with van der Waals surface area (Å²) in [6, 6.07) is 4.74. The SMILES string of the molecule is CO[C@@H]1CN(C)C(=O)c2ccc(NC(C)=O)cc2OC[C@@H](C)N(C(=O)CN2CCOCC2)C[C@H]1C. The van der Waals surface area contributed by atoms with E-state index in [4.69, 9.17) is 14.2 Å². The Labute approximate surface area is 207 Å². The minimum Gasteiger partial charge on any atom is -0.491 e. The summed E-state index contributed by atoms with van der Waals surface area (Å²) in [7, 11) is 3.35. The molecule has 3 rings (SSSR count). The Morgan fingerprint density at radius 2 is 1.89 bits per heavy atom. The summed E-state index contributed by atoms with van der Waals surface area (Å²) in [5, 5.41) is 2.73. The molecule has 0 spiro atoms. The molecule has 194 valence electrons. The van der Waals surface area contributed by atoms with Gasteiger partial charge in [0.15, 0.2) is 0 Å². The molecule has 0 aliphatic carbocycles. The molecule has 0 bridgehead atoms. The largest absolute Gasteiger partial charge is 0.491 e. The molecule has 3 amide bonds. The molecule has 10 heteroatoms. The van der Waals surface area contributed by atoms with Gasteiger partial charge in [0.25, 0.3) is 5.91 Å². The molecule has 10 nitrogen and oxygen atoms in total. The van der Waals surface area contributed by atoms with Crippen LogP contribution in [0.15, 0.2) is 18.2 Å². The minimum absolute atomic E-state index is 0.00706. The lowest BCUT2D eigenvalue weighted by molar-refractivity contribution is -0.137. The van der Waals surface area contributed by atoms with E-state index in [1.165, 1.54) is 6.92 Å². The van der Waals surface area contributed by atoms with E-state index in [0.29, 0.717) is 49.8 Å². The molecule has 1 aromatic rings. The van der Waals surface area contributed by atoms with Crippen molar-refractivity contribution < 1.29 is 28.6 Å². The van der Waals surface area contributed by atoms with Crippen molar-refractivity contribution in [2.75, 3.05) is 72.0 Å². The van der Waals surface area contributed by atoms with Crippen molar-refractivity contribution in [2.24, 2.45) is 5.92 Å². The summed E-state index contributed by atoms with van der Waals surface area (Å²) in [4.78, 5) is 43.8. The maximum absolute atomic E-state index is 13.4. The van der Waals surface area contributed by atoms with Crippen LogP contribution in [0.1, 0.15) is 31.1 Å². The van der Waals surface area contributed by atoms with Gasteiger partial charge in [-0.1, -0.05) is 6.92 Å². The number of amides is 3. The Morgan fingerprint density at radius 1 is 1.17 bits per heavy atom. The van der Waals surface area contributed by atoms with E-state index in [1.807, 2.05) is 18.7 Å². The molecule has 0 radical (unpaired) electrons. The summed E-state index contributed by atoms with van der Waals surface area (Å²) in [5.74, 6) is -0.0299. The van der Waals surface area contributed by atoms with Gasteiger partial charge in [-0.3, -0.25) is 19.3 Å². The van der Waals surface area contributed by atoms with Gasteiger partial charge in [-0.25, -0.2) is 0 Å². The van der Waals surface area contributed by atoms with Gasteiger partial charge in [-0.2, -0.15) is 0 Å². The summed E-state index contributed by atoms with van der Waals surface area (Å²) in [6.45, 7) is 9.48. The predicted octanol–water partition coefficient (Wildman–Crippen LogP) is 1.31. The number of methoxy groups -OCH3 is 1. The van der Waals surface area contributed by atoms with Crippen LogP contribution in [0.3, 0.4) is 0 Å². The maximum atomic E-state index is 13.4. The van der Waals surface area contributed by atoms with Crippen LogP contribution in [0.2, 0.25) is 0 Å². The molecule has 2 aliphatic heterocycles. The lowest BCUT2D eigenvalue weighted by Gasteiger charge is -2.37. The first kappa shape index (κ1) is 26.9. The molecule has 0 saturated carbocycles. The van der Waals surface area contributed by atoms with Gasteiger partial charge >= 0.3 is 0 Å². The molecular formula is C25H38N4O6.